The molecule has 1 aliphatic rings. The number of anilines is 2. The van der Waals surface area contributed by atoms with E-state index in [4.69, 9.17) is 0 Å². The lowest BCUT2D eigenvalue weighted by Crippen LogP contribution is -2.48. The lowest BCUT2D eigenvalue weighted by atomic mass is 10.1. The molecular formula is C30H32N4O3. The van der Waals surface area contributed by atoms with Gasteiger partial charge in [0.05, 0.1) is 0 Å². The van der Waals surface area contributed by atoms with Gasteiger partial charge >= 0.3 is 0 Å². The van der Waals surface area contributed by atoms with Crippen LogP contribution in [0.15, 0.2) is 91.5 Å². The van der Waals surface area contributed by atoms with Gasteiger partial charge in [-0.25, -0.2) is 0 Å². The van der Waals surface area contributed by atoms with Gasteiger partial charge in [-0.2, -0.15) is 0 Å². The Hall–Kier alpha value is -4.39. The Bertz CT molecular complexity index is 1230. The van der Waals surface area contributed by atoms with Crippen molar-refractivity contribution in [2.24, 2.45) is 0 Å². The molecule has 3 aromatic rings. The maximum Gasteiger partial charge on any atom is 0.254 e. The Morgan fingerprint density at radius 1 is 0.865 bits per heavy atom. The van der Waals surface area contributed by atoms with Gasteiger partial charge in [-0.15, -0.1) is 6.58 Å². The van der Waals surface area contributed by atoms with Crippen molar-refractivity contribution >= 4 is 29.1 Å². The van der Waals surface area contributed by atoms with Crippen molar-refractivity contribution in [2.45, 2.75) is 6.92 Å². The molecule has 0 aliphatic carbocycles. The molecule has 0 saturated carbocycles. The summed E-state index contributed by atoms with van der Waals surface area (Å²) in [6.07, 6.45) is 1.61. The number of carbonyl (C=O) groups excluding carboxylic acids is 3. The molecule has 0 bridgehead atoms. The summed E-state index contributed by atoms with van der Waals surface area (Å²) in [6.45, 7) is 8.70. The van der Waals surface area contributed by atoms with Gasteiger partial charge in [0.25, 0.3) is 11.8 Å². The first-order chi connectivity index (χ1) is 17.9. The Labute approximate surface area is 218 Å². The van der Waals surface area contributed by atoms with Crippen LogP contribution in [-0.2, 0) is 4.79 Å². The van der Waals surface area contributed by atoms with Crippen LogP contribution in [0.1, 0.15) is 26.3 Å². The quantitative estimate of drug-likeness (QED) is 0.474. The number of nitrogens with one attached hydrogen (secondary N) is 1. The van der Waals surface area contributed by atoms with Gasteiger partial charge in [0.15, 0.2) is 0 Å². The number of carbonyl (C=O) groups is 3. The van der Waals surface area contributed by atoms with E-state index in [1.54, 1.807) is 30.3 Å². The standard InChI is InChI=1S/C30H32N4O3/c1-3-17-34(30(37)24-7-5-4-6-8-24)22-28(35)31-26-13-15-27(16-14-26)32-18-20-33(21-19-32)29(36)25-11-9-23(2)10-12-25/h3-16H,1,17-22H2,2H3,(H,31,35). The van der Waals surface area contributed by atoms with E-state index in [-0.39, 0.29) is 30.8 Å². The number of rotatable bonds is 8. The van der Waals surface area contributed by atoms with Gasteiger partial charge in [-0.1, -0.05) is 42.0 Å². The first-order valence-corrected chi connectivity index (χ1v) is 12.4. The van der Waals surface area contributed by atoms with Crippen molar-refractivity contribution in [3.8, 4) is 0 Å². The summed E-state index contributed by atoms with van der Waals surface area (Å²) >= 11 is 0. The second kappa shape index (κ2) is 12.0. The number of hydrogen-bond acceptors (Lipinski definition) is 4. The minimum atomic E-state index is -0.276. The fourth-order valence-corrected chi connectivity index (χ4v) is 4.31. The van der Waals surface area contributed by atoms with Crippen molar-refractivity contribution in [2.75, 3.05) is 49.5 Å². The van der Waals surface area contributed by atoms with Gasteiger partial charge in [0.1, 0.15) is 6.54 Å². The molecule has 0 radical (unpaired) electrons. The lowest BCUT2D eigenvalue weighted by molar-refractivity contribution is -0.116. The first-order valence-electron chi connectivity index (χ1n) is 12.4. The summed E-state index contributed by atoms with van der Waals surface area (Å²) in [5.41, 5.74) is 4.08. The fourth-order valence-electron chi connectivity index (χ4n) is 4.31. The molecule has 0 unspecified atom stereocenters. The Morgan fingerprint density at radius 2 is 1.51 bits per heavy atom. The van der Waals surface area contributed by atoms with Crippen LogP contribution in [0, 0.1) is 6.92 Å². The molecule has 0 aromatic heterocycles. The number of aryl methyl sites for hydroxylation is 1. The summed E-state index contributed by atoms with van der Waals surface area (Å²) in [6, 6.07) is 24.2. The molecule has 7 heteroatoms. The number of nitrogens with zero attached hydrogens (tertiary/aromatic N) is 3. The van der Waals surface area contributed by atoms with Crippen molar-refractivity contribution < 1.29 is 14.4 Å². The molecule has 1 heterocycles. The molecule has 37 heavy (non-hydrogen) atoms. The highest BCUT2D eigenvalue weighted by molar-refractivity contribution is 5.99. The Kier molecular flexibility index (Phi) is 8.36. The third-order valence-electron chi connectivity index (χ3n) is 6.37. The largest absolute Gasteiger partial charge is 0.368 e. The predicted molar refractivity (Wildman–Crippen MR) is 147 cm³/mol. The summed E-state index contributed by atoms with van der Waals surface area (Å²) in [5, 5.41) is 2.87. The zero-order valence-corrected chi connectivity index (χ0v) is 21.1. The van der Waals surface area contributed by atoms with Gasteiger partial charge in [0, 0.05) is 55.2 Å². The lowest BCUT2D eigenvalue weighted by Gasteiger charge is -2.36. The van der Waals surface area contributed by atoms with E-state index in [9.17, 15) is 14.4 Å². The van der Waals surface area contributed by atoms with Crippen LogP contribution < -0.4 is 10.2 Å². The Morgan fingerprint density at radius 3 is 2.14 bits per heavy atom. The molecule has 1 fully saturated rings. The number of benzene rings is 3. The second-order valence-corrected chi connectivity index (χ2v) is 9.08. The molecule has 3 amide bonds. The summed E-state index contributed by atoms with van der Waals surface area (Å²) < 4.78 is 0. The molecule has 1 saturated heterocycles. The smallest absolute Gasteiger partial charge is 0.254 e. The van der Waals surface area contributed by atoms with Gasteiger partial charge in [-0.05, 0) is 55.5 Å². The third-order valence-corrected chi connectivity index (χ3v) is 6.37. The number of piperazine rings is 1. The van der Waals surface area contributed by atoms with Crippen molar-refractivity contribution in [3.05, 3.63) is 108 Å². The highest BCUT2D eigenvalue weighted by atomic mass is 16.2. The maximum absolute atomic E-state index is 12.8. The van der Waals surface area contributed by atoms with E-state index in [1.807, 2.05) is 66.4 Å². The predicted octanol–water partition coefficient (Wildman–Crippen LogP) is 4.22. The molecule has 1 N–H and O–H groups in total. The summed E-state index contributed by atoms with van der Waals surface area (Å²) in [7, 11) is 0. The molecule has 1 aliphatic heterocycles. The normalized spacial score (nSPS) is 13.1. The number of amides is 3. The van der Waals surface area contributed by atoms with Gasteiger partial charge < -0.3 is 20.0 Å². The second-order valence-electron chi connectivity index (χ2n) is 9.08. The Balaban J connectivity index is 1.29. The molecule has 0 atom stereocenters. The first kappa shape index (κ1) is 25.7. The van der Waals surface area contributed by atoms with E-state index in [1.165, 1.54) is 4.90 Å². The topological polar surface area (TPSA) is 73.0 Å². The van der Waals surface area contributed by atoms with Crippen molar-refractivity contribution in [1.29, 1.82) is 0 Å². The molecular weight excluding hydrogens is 464 g/mol. The SMILES string of the molecule is C=CCN(CC(=O)Nc1ccc(N2CCN(C(=O)c3ccc(C)cc3)CC2)cc1)C(=O)c1ccccc1. The minimum Gasteiger partial charge on any atom is -0.368 e. The van der Waals surface area contributed by atoms with Crippen LogP contribution in [0.5, 0.6) is 0 Å². The van der Waals surface area contributed by atoms with Crippen molar-refractivity contribution in [3.63, 3.8) is 0 Å². The summed E-state index contributed by atoms with van der Waals surface area (Å²) in [5.74, 6) is -0.429. The molecule has 190 valence electrons. The zero-order chi connectivity index (χ0) is 26.2. The molecule has 3 aromatic carbocycles. The van der Waals surface area contributed by atoms with E-state index in [0.717, 1.165) is 29.9 Å². The third kappa shape index (κ3) is 6.64. The molecule has 7 nitrogen and oxygen atoms in total. The fraction of sp³-hybridized carbons (Fsp3) is 0.233. The highest BCUT2D eigenvalue weighted by Crippen LogP contribution is 2.20. The average molecular weight is 497 g/mol. The van der Waals surface area contributed by atoms with Gasteiger partial charge in [-0.3, -0.25) is 14.4 Å². The number of hydrogen-bond donors (Lipinski definition) is 1. The van der Waals surface area contributed by atoms with Crippen LogP contribution in [0.2, 0.25) is 0 Å². The zero-order valence-electron chi connectivity index (χ0n) is 21.1. The van der Waals surface area contributed by atoms with Crippen LogP contribution in [0.25, 0.3) is 0 Å². The van der Waals surface area contributed by atoms with Crippen LogP contribution in [0.3, 0.4) is 0 Å². The van der Waals surface area contributed by atoms with Crippen LogP contribution in [0.4, 0.5) is 11.4 Å². The van der Waals surface area contributed by atoms with Crippen molar-refractivity contribution in [1.82, 2.24) is 9.80 Å². The van der Waals surface area contributed by atoms with E-state index >= 15 is 0 Å². The average Bonchev–Trinajstić information content (AvgIpc) is 2.93. The van der Waals surface area contributed by atoms with Crippen LogP contribution >= 0.6 is 0 Å². The summed E-state index contributed by atoms with van der Waals surface area (Å²) in [4.78, 5) is 43.8. The molecule has 4 rings (SSSR count). The van der Waals surface area contributed by atoms with Crippen LogP contribution in [-0.4, -0.2) is 66.8 Å². The van der Waals surface area contributed by atoms with E-state index in [2.05, 4.69) is 16.8 Å². The van der Waals surface area contributed by atoms with E-state index in [0.29, 0.717) is 24.3 Å². The highest BCUT2D eigenvalue weighted by Gasteiger charge is 2.22. The molecule has 0 spiro atoms. The van der Waals surface area contributed by atoms with Gasteiger partial charge in [0.2, 0.25) is 5.91 Å². The minimum absolute atomic E-state index is 0.0638. The van der Waals surface area contributed by atoms with E-state index < -0.39 is 0 Å². The maximum atomic E-state index is 12.8. The monoisotopic (exact) mass is 496 g/mol.